The van der Waals surface area contributed by atoms with Crippen molar-refractivity contribution in [3.05, 3.63) is 18.2 Å². The van der Waals surface area contributed by atoms with Gasteiger partial charge in [0.2, 0.25) is 0 Å². The summed E-state index contributed by atoms with van der Waals surface area (Å²) in [7, 11) is 1.54. The largest absolute Gasteiger partial charge is 0.382 e. The zero-order chi connectivity index (χ0) is 18.2. The molecule has 0 aliphatic rings. The van der Waals surface area contributed by atoms with Gasteiger partial charge in [-0.3, -0.25) is 10.2 Å². The highest BCUT2D eigenvalue weighted by atomic mass is 16.5. The third kappa shape index (κ3) is 6.88. The molecule has 0 saturated carbocycles. The second kappa shape index (κ2) is 9.14. The van der Waals surface area contributed by atoms with Crippen LogP contribution in [0.3, 0.4) is 0 Å². The molecule has 3 N–H and O–H groups in total. The van der Waals surface area contributed by atoms with Gasteiger partial charge in [0.25, 0.3) is 5.91 Å². The molecule has 0 spiro atoms. The van der Waals surface area contributed by atoms with Crippen molar-refractivity contribution in [3.63, 3.8) is 0 Å². The third-order valence-corrected chi connectivity index (χ3v) is 2.90. The molecule has 1 aromatic heterocycles. The van der Waals surface area contributed by atoms with Crippen LogP contribution in [-0.2, 0) is 19.7 Å². The minimum absolute atomic E-state index is 0.173. The van der Waals surface area contributed by atoms with Gasteiger partial charge in [0.15, 0.2) is 0 Å². The molecule has 0 aromatic carbocycles. The van der Waals surface area contributed by atoms with Gasteiger partial charge < -0.3 is 14.8 Å². The zero-order valence-corrected chi connectivity index (χ0v) is 14.7. The number of ether oxygens (including phenoxy) is 2. The number of nitrogens with zero attached hydrogens (tertiary/aromatic N) is 2. The second-order valence-corrected chi connectivity index (χ2v) is 6.12. The molecule has 1 aromatic rings. The topological polar surface area (TPSA) is 114 Å². The van der Waals surface area contributed by atoms with Crippen LogP contribution in [0.2, 0.25) is 0 Å². The van der Waals surface area contributed by atoms with Gasteiger partial charge in [0.1, 0.15) is 11.9 Å². The van der Waals surface area contributed by atoms with Crippen LogP contribution in [0, 0.1) is 0 Å². The normalized spacial score (nSPS) is 12.4. The highest BCUT2D eigenvalue weighted by molar-refractivity contribution is 5.91. The Morgan fingerprint density at radius 3 is 2.33 bits per heavy atom. The lowest BCUT2D eigenvalue weighted by Crippen LogP contribution is -2.48. The maximum atomic E-state index is 11.7. The van der Waals surface area contributed by atoms with E-state index in [0.717, 1.165) is 0 Å². The van der Waals surface area contributed by atoms with Crippen LogP contribution < -0.4 is 16.2 Å². The Kier molecular flexibility index (Phi) is 7.53. The number of methoxy groups -OCH3 is 1. The van der Waals surface area contributed by atoms with Crippen molar-refractivity contribution in [2.24, 2.45) is 0 Å². The highest BCUT2D eigenvalue weighted by Crippen LogP contribution is 2.17. The van der Waals surface area contributed by atoms with Gasteiger partial charge in [0.05, 0.1) is 31.3 Å². The number of aromatic nitrogens is 2. The number of hydrogen-bond acceptors (Lipinski definition) is 6. The van der Waals surface area contributed by atoms with Crippen molar-refractivity contribution >= 4 is 17.6 Å². The molecular weight excluding hydrogens is 314 g/mol. The summed E-state index contributed by atoms with van der Waals surface area (Å²) in [6.45, 7) is 8.23. The summed E-state index contributed by atoms with van der Waals surface area (Å²) in [5.74, 6) is 0.198. The van der Waals surface area contributed by atoms with E-state index in [-0.39, 0.29) is 12.0 Å². The summed E-state index contributed by atoms with van der Waals surface area (Å²) in [5, 5.41) is 2.52. The van der Waals surface area contributed by atoms with Crippen LogP contribution in [-0.4, -0.2) is 48.3 Å². The van der Waals surface area contributed by atoms with E-state index in [4.69, 9.17) is 9.47 Å². The van der Waals surface area contributed by atoms with E-state index >= 15 is 0 Å². The first-order chi connectivity index (χ1) is 11.2. The van der Waals surface area contributed by atoms with E-state index in [1.165, 1.54) is 19.5 Å². The molecule has 1 atom stereocenters. The van der Waals surface area contributed by atoms with E-state index in [2.05, 4.69) is 26.1 Å². The molecule has 1 rings (SSSR count). The fraction of sp³-hybridized carbons (Fsp3) is 0.600. The van der Waals surface area contributed by atoms with Crippen LogP contribution >= 0.6 is 0 Å². The monoisotopic (exact) mass is 339 g/mol. The summed E-state index contributed by atoms with van der Waals surface area (Å²) in [4.78, 5) is 31.8. The number of hydrogen-bond donors (Lipinski definition) is 3. The van der Waals surface area contributed by atoms with E-state index in [1.807, 2.05) is 20.8 Å². The fourth-order valence-corrected chi connectivity index (χ4v) is 1.55. The molecule has 3 amide bonds. The van der Waals surface area contributed by atoms with E-state index in [9.17, 15) is 9.59 Å². The molecule has 9 nitrogen and oxygen atoms in total. The Morgan fingerprint density at radius 2 is 1.79 bits per heavy atom. The van der Waals surface area contributed by atoms with Crippen molar-refractivity contribution in [3.8, 4) is 0 Å². The lowest BCUT2D eigenvalue weighted by molar-refractivity contribution is -0.133. The lowest BCUT2D eigenvalue weighted by Gasteiger charge is -2.16. The molecule has 24 heavy (non-hydrogen) atoms. The summed E-state index contributed by atoms with van der Waals surface area (Å²) >= 11 is 0. The van der Waals surface area contributed by atoms with Crippen molar-refractivity contribution in [1.29, 1.82) is 0 Å². The zero-order valence-electron chi connectivity index (χ0n) is 14.7. The number of anilines is 1. The van der Waals surface area contributed by atoms with Gasteiger partial charge in [-0.1, -0.05) is 20.8 Å². The second-order valence-electron chi connectivity index (χ2n) is 6.12. The van der Waals surface area contributed by atoms with Crippen LogP contribution in [0.5, 0.6) is 0 Å². The van der Waals surface area contributed by atoms with Gasteiger partial charge in [0, 0.05) is 12.5 Å². The number of nitrogens with one attached hydrogen (secondary N) is 3. The minimum Gasteiger partial charge on any atom is -0.382 e. The predicted molar refractivity (Wildman–Crippen MR) is 88.3 cm³/mol. The molecule has 0 bridgehead atoms. The first-order valence-corrected chi connectivity index (χ1v) is 7.54. The lowest BCUT2D eigenvalue weighted by atomic mass is 9.96. The summed E-state index contributed by atoms with van der Waals surface area (Å²) in [6, 6.07) is -0.612. The van der Waals surface area contributed by atoms with Crippen molar-refractivity contribution in [2.75, 3.05) is 25.6 Å². The van der Waals surface area contributed by atoms with Gasteiger partial charge in [-0.25, -0.2) is 20.2 Å². The molecule has 0 aliphatic heterocycles. The number of carbonyl (C=O) groups is 2. The van der Waals surface area contributed by atoms with E-state index < -0.39 is 18.0 Å². The molecule has 0 fully saturated rings. The van der Waals surface area contributed by atoms with Crippen molar-refractivity contribution in [2.45, 2.75) is 39.2 Å². The van der Waals surface area contributed by atoms with Gasteiger partial charge >= 0.3 is 6.03 Å². The Balaban J connectivity index is 2.39. The van der Waals surface area contributed by atoms with Gasteiger partial charge in [-0.15, -0.1) is 0 Å². The molecule has 134 valence electrons. The van der Waals surface area contributed by atoms with E-state index in [0.29, 0.717) is 18.1 Å². The van der Waals surface area contributed by atoms with Crippen molar-refractivity contribution in [1.82, 2.24) is 20.8 Å². The molecule has 9 heteroatoms. The third-order valence-electron chi connectivity index (χ3n) is 2.90. The number of rotatable bonds is 6. The van der Waals surface area contributed by atoms with E-state index in [1.54, 1.807) is 6.92 Å². The number of carbonyl (C=O) groups excluding carboxylic acids is 2. The number of urea groups is 1. The Labute approximate surface area is 141 Å². The quantitative estimate of drug-likeness (QED) is 0.526. The van der Waals surface area contributed by atoms with Gasteiger partial charge in [-0.05, 0) is 6.92 Å². The molecular formula is C15H25N5O4. The van der Waals surface area contributed by atoms with Crippen LogP contribution in [0.25, 0.3) is 0 Å². The smallest absolute Gasteiger partial charge is 0.338 e. The number of amides is 3. The molecule has 0 unspecified atom stereocenters. The average molecular weight is 339 g/mol. The Morgan fingerprint density at radius 1 is 1.17 bits per heavy atom. The van der Waals surface area contributed by atoms with Crippen LogP contribution in [0.15, 0.2) is 12.4 Å². The Hall–Kier alpha value is -2.26. The molecule has 1 heterocycles. The first-order valence-electron chi connectivity index (χ1n) is 7.54. The summed E-state index contributed by atoms with van der Waals surface area (Å²) in [5.41, 5.74) is 4.73. The highest BCUT2D eigenvalue weighted by Gasteiger charge is 2.17. The first kappa shape index (κ1) is 19.8. The molecule has 0 aliphatic carbocycles. The van der Waals surface area contributed by atoms with Crippen LogP contribution in [0.1, 0.15) is 33.5 Å². The van der Waals surface area contributed by atoms with Gasteiger partial charge in [-0.2, -0.15) is 0 Å². The average Bonchev–Trinajstić information content (AvgIpc) is 2.52. The van der Waals surface area contributed by atoms with Crippen molar-refractivity contribution < 1.29 is 19.1 Å². The Bertz CT molecular complexity index is 542. The fourth-order valence-electron chi connectivity index (χ4n) is 1.55. The maximum absolute atomic E-state index is 11.7. The standard InChI is InChI=1S/C15H25N5O4/c1-10(24-7-6-23-5)12(21)19-20-14(22)18-11-8-16-13(17-9-11)15(2,3)4/h8-10H,6-7H2,1-5H3,(H,19,21)(H2,18,20,22)/t10-/m0/s1. The predicted octanol–water partition coefficient (Wildman–Crippen LogP) is 0.978. The maximum Gasteiger partial charge on any atom is 0.338 e. The summed E-state index contributed by atoms with van der Waals surface area (Å²) < 4.78 is 10.0. The molecule has 0 radical (unpaired) electrons. The van der Waals surface area contributed by atoms with Crippen LogP contribution in [0.4, 0.5) is 10.5 Å². The number of hydrazine groups is 1. The summed E-state index contributed by atoms with van der Waals surface area (Å²) in [6.07, 6.45) is 2.30. The molecule has 0 saturated heterocycles. The SMILES string of the molecule is COCCO[C@@H](C)C(=O)NNC(=O)Nc1cnc(C(C)(C)C)nc1. The minimum atomic E-state index is -0.713.